The van der Waals surface area contributed by atoms with Crippen molar-refractivity contribution < 1.29 is 37.0 Å². The second-order valence-corrected chi connectivity index (χ2v) is 19.7. The van der Waals surface area contributed by atoms with Crippen LogP contribution >= 0.6 is 0 Å². The molecule has 0 bridgehead atoms. The summed E-state index contributed by atoms with van der Waals surface area (Å²) in [7, 11) is -4.42. The summed E-state index contributed by atoms with van der Waals surface area (Å²) in [6.07, 6.45) is 0. The normalized spacial score (nSPS) is 17.4. The average Bonchev–Trinajstić information content (AvgIpc) is 1.51. The molecule has 0 unspecified atom stereocenters. The predicted molar refractivity (Wildman–Crippen MR) is 292 cm³/mol. The number of benzene rings is 10. The zero-order valence-electron chi connectivity index (χ0n) is 62.8. The van der Waals surface area contributed by atoms with Crippen molar-refractivity contribution in [1.82, 2.24) is 28.7 Å². The van der Waals surface area contributed by atoms with Crippen molar-refractivity contribution in [2.45, 2.75) is 0 Å². The highest BCUT2D eigenvalue weighted by molar-refractivity contribution is 7.20. The zero-order valence-corrected chi connectivity index (χ0v) is 36.8. The van der Waals surface area contributed by atoms with Gasteiger partial charge in [0.1, 0.15) is 0 Å². The Morgan fingerprint density at radius 2 is 0.629 bits per heavy atom. The molecule has 4 aromatic heterocycles. The number of nitrogens with zero attached hydrogens (tertiary/aromatic N) is 6. The smallest absolute Gasteiger partial charge is 0.240 e. The molecule has 0 saturated heterocycles. The highest BCUT2D eigenvalue weighted by Crippen LogP contribution is 2.38. The van der Waals surface area contributed by atoms with Crippen LogP contribution in [0.2, 0.25) is 0 Å². The minimum absolute atomic E-state index is 0.215. The van der Waals surface area contributed by atoms with Crippen LogP contribution in [-0.2, 0) is 0 Å². The summed E-state index contributed by atoms with van der Waals surface area (Å²) >= 11 is 0. The first-order valence-electron chi connectivity index (χ1n) is 35.1. The maximum absolute atomic E-state index is 11.3. The van der Waals surface area contributed by atoms with Crippen LogP contribution in [0.1, 0.15) is 37.0 Å². The molecule has 10 aromatic carbocycles. The van der Waals surface area contributed by atoms with Crippen molar-refractivity contribution in [3.05, 3.63) is 254 Å². The van der Waals surface area contributed by atoms with Gasteiger partial charge >= 0.3 is 0 Å². The first-order valence-corrected chi connectivity index (χ1v) is 23.6. The number of para-hydroxylation sites is 6. The van der Waals surface area contributed by atoms with E-state index in [1.807, 2.05) is 0 Å². The Balaban J connectivity index is 1.33. The monoisotopic (exact) mass is 937 g/mol. The quantitative estimate of drug-likeness (QED) is 0.113. The molecular formula is C63H42N6Si. The van der Waals surface area contributed by atoms with Gasteiger partial charge in [-0.2, -0.15) is 15.0 Å². The van der Waals surface area contributed by atoms with Crippen LogP contribution in [0.4, 0.5) is 0 Å². The summed E-state index contributed by atoms with van der Waals surface area (Å²) in [6.45, 7) is 0. The molecule has 0 radical (unpaired) electrons. The van der Waals surface area contributed by atoms with Gasteiger partial charge in [0.15, 0.2) is 13.9 Å². The highest BCUT2D eigenvalue weighted by Gasteiger charge is 2.42. The maximum atomic E-state index is 11.3. The van der Waals surface area contributed by atoms with Gasteiger partial charge in [0.2, 0.25) is 11.9 Å². The SMILES string of the molecule is [2H]c1c([2H])c([Si](c2ccccc2)(c2ccccc2)c2ccccc2)c([2H])c(-c2nc(-n3c4c([2H])c([2H])c([2H])c([2H])c4c4c([2H])c([2H])c([2H])c([2H])c43)nc(-n3c4c([2H])c([2H])c([2H])c([2H])c4c4c([2H])c([2H])c([2H])c([2H])c43)n2)c1-n1c2c([2H])c([2H])c([2H])c([2H])c2c2c([2H])c([2H])c([2H])c([2H])c21. The van der Waals surface area contributed by atoms with Crippen molar-refractivity contribution in [1.29, 1.82) is 0 Å². The van der Waals surface area contributed by atoms with E-state index in [-0.39, 0.29) is 5.19 Å². The number of fused-ring (bicyclic) bond motifs is 9. The van der Waals surface area contributed by atoms with E-state index >= 15 is 0 Å². The van der Waals surface area contributed by atoms with Crippen LogP contribution in [0, 0.1) is 0 Å². The van der Waals surface area contributed by atoms with Crippen molar-refractivity contribution in [3.63, 3.8) is 0 Å². The molecule has 0 aliphatic rings. The maximum Gasteiger partial charge on any atom is 0.240 e. The highest BCUT2D eigenvalue weighted by atomic mass is 28.3. The number of rotatable bonds is 8. The van der Waals surface area contributed by atoms with Gasteiger partial charge in [-0.25, -0.2) is 0 Å². The van der Waals surface area contributed by atoms with Crippen molar-refractivity contribution in [3.8, 4) is 29.0 Å². The minimum atomic E-state index is -4.42. The Kier molecular flexibility index (Phi) is 4.89. The molecule has 6 nitrogen and oxygen atoms in total. The third-order valence-corrected chi connectivity index (χ3v) is 16.9. The summed E-state index contributed by atoms with van der Waals surface area (Å²) in [4.78, 5) is 14.9. The molecule has 0 saturated carbocycles. The van der Waals surface area contributed by atoms with Gasteiger partial charge in [0.25, 0.3) is 0 Å². The molecule has 4 heterocycles. The Morgan fingerprint density at radius 1 is 0.314 bits per heavy atom. The van der Waals surface area contributed by atoms with Gasteiger partial charge in [-0.15, -0.1) is 0 Å². The Labute approximate surface area is 442 Å². The second kappa shape index (κ2) is 16.0. The van der Waals surface area contributed by atoms with E-state index in [4.69, 9.17) is 31.4 Å². The van der Waals surface area contributed by atoms with Crippen molar-refractivity contribution >= 4 is 94.2 Å². The van der Waals surface area contributed by atoms with Crippen molar-refractivity contribution in [2.24, 2.45) is 0 Å². The van der Waals surface area contributed by atoms with E-state index in [9.17, 15) is 20.6 Å². The van der Waals surface area contributed by atoms with E-state index in [0.29, 0.717) is 15.6 Å². The summed E-state index contributed by atoms with van der Waals surface area (Å²) in [5, 5.41) is -1.76. The Hall–Kier alpha value is -9.17. The zero-order chi connectivity index (χ0) is 69.7. The first-order chi connectivity index (χ1) is 46.0. The summed E-state index contributed by atoms with van der Waals surface area (Å²) < 4.78 is 257. The standard InChI is InChI=1S/C63H42N6Si/c1-4-22-43(23-5-1)70(44-24-6-2-7-25-44,45-26-8-3-9-27-45)46-40-41-60(67-54-34-16-10-28-47(54)48-29-11-17-35-55(48)67)53(42-46)61-64-62(68-56-36-18-12-30-49(56)50-31-13-19-37-57(50)68)66-63(65-61)69-58-38-20-14-32-51(58)52-33-15-21-39-59(52)69/h1-42H/i10D,11D,12D,13D,14D,15D,16D,17D,18D,19D,20D,21D,28D,29D,30D,31D,32D,33D,34D,35D,36D,37D,38D,39D,40D,41D,42D. The first kappa shape index (κ1) is 21.4. The minimum Gasteiger partial charge on any atom is -0.309 e. The molecule has 70 heavy (non-hydrogen) atoms. The lowest BCUT2D eigenvalue weighted by atomic mass is 10.1. The molecule has 7 heteroatoms. The molecule has 0 N–H and O–H groups in total. The van der Waals surface area contributed by atoms with E-state index in [1.54, 1.807) is 91.0 Å². The molecule has 0 aliphatic heterocycles. The molecule has 0 aliphatic carbocycles. The van der Waals surface area contributed by atoms with Crippen molar-refractivity contribution in [2.75, 3.05) is 0 Å². The van der Waals surface area contributed by atoms with Gasteiger partial charge < -0.3 is 4.57 Å². The van der Waals surface area contributed by atoms with Crippen LogP contribution in [0.5, 0.6) is 0 Å². The molecule has 14 rings (SSSR count). The van der Waals surface area contributed by atoms with Crippen LogP contribution in [-0.4, -0.2) is 36.7 Å². The lowest BCUT2D eigenvalue weighted by Crippen LogP contribution is -2.74. The van der Waals surface area contributed by atoms with Crippen LogP contribution in [0.15, 0.2) is 254 Å². The van der Waals surface area contributed by atoms with Gasteiger partial charge in [0.05, 0.1) is 75.8 Å². The fraction of sp³-hybridized carbons (Fsp3) is 0. The molecule has 14 aromatic rings. The fourth-order valence-electron chi connectivity index (χ4n) is 9.47. The van der Waals surface area contributed by atoms with Crippen LogP contribution < -0.4 is 20.7 Å². The van der Waals surface area contributed by atoms with E-state index in [2.05, 4.69) is 0 Å². The second-order valence-electron chi connectivity index (χ2n) is 15.9. The fourth-order valence-corrected chi connectivity index (χ4v) is 14.0. The van der Waals surface area contributed by atoms with Gasteiger partial charge in [-0.1, -0.05) is 206 Å². The van der Waals surface area contributed by atoms with E-state index in [0.717, 1.165) is 13.7 Å². The number of aromatic nitrogens is 6. The lowest BCUT2D eigenvalue weighted by molar-refractivity contribution is 0.892. The summed E-state index contributed by atoms with van der Waals surface area (Å²) in [5.74, 6) is -2.73. The molecule has 0 atom stereocenters. The Bertz CT molecular complexity index is 5410. The summed E-state index contributed by atoms with van der Waals surface area (Å²) in [6, 6.07) is 2.92. The predicted octanol–water partition coefficient (Wildman–Crippen LogP) is 12.2. The third-order valence-electron chi connectivity index (χ3n) is 12.3. The van der Waals surface area contributed by atoms with Gasteiger partial charge in [-0.3, -0.25) is 9.13 Å². The van der Waals surface area contributed by atoms with Crippen LogP contribution in [0.3, 0.4) is 0 Å². The third kappa shape index (κ3) is 5.95. The Morgan fingerprint density at radius 3 is 0.971 bits per heavy atom. The van der Waals surface area contributed by atoms with E-state index < -0.39 is 266 Å². The average molecular weight is 938 g/mol. The number of hydrogen-bond donors (Lipinski definition) is 0. The lowest BCUT2D eigenvalue weighted by Gasteiger charge is -2.35. The largest absolute Gasteiger partial charge is 0.309 e. The van der Waals surface area contributed by atoms with Gasteiger partial charge in [-0.05, 0) is 69.1 Å². The molecular weight excluding hydrogens is 869 g/mol. The van der Waals surface area contributed by atoms with E-state index in [1.165, 1.54) is 0 Å². The molecule has 0 amide bonds. The molecule has 328 valence electrons. The molecule has 0 spiro atoms. The van der Waals surface area contributed by atoms with Gasteiger partial charge in [0, 0.05) is 37.9 Å². The van der Waals surface area contributed by atoms with Crippen LogP contribution in [0.25, 0.3) is 94.4 Å². The topological polar surface area (TPSA) is 53.5 Å². The molecule has 0 fully saturated rings. The summed E-state index contributed by atoms with van der Waals surface area (Å²) in [5.41, 5.74) is -5.23. The number of hydrogen-bond acceptors (Lipinski definition) is 3.